The number of amides is 1. The van der Waals surface area contributed by atoms with Crippen LogP contribution in [-0.4, -0.2) is 41.5 Å². The zero-order chi connectivity index (χ0) is 14.5. The van der Waals surface area contributed by atoms with Gasteiger partial charge in [0.1, 0.15) is 0 Å². The summed E-state index contributed by atoms with van der Waals surface area (Å²) in [6.45, 7) is 3.18. The van der Waals surface area contributed by atoms with Gasteiger partial charge in [-0.3, -0.25) is 9.78 Å². The fraction of sp³-hybridized carbons (Fsp3) is 0.647. The van der Waals surface area contributed by atoms with Crippen molar-refractivity contribution in [1.82, 2.24) is 15.2 Å². The van der Waals surface area contributed by atoms with Gasteiger partial charge in [0.2, 0.25) is 5.91 Å². The number of nitrogens with one attached hydrogen (secondary N) is 1. The molecule has 0 spiro atoms. The molecule has 1 saturated carbocycles. The van der Waals surface area contributed by atoms with Gasteiger partial charge in [-0.1, -0.05) is 0 Å². The fourth-order valence-electron chi connectivity index (χ4n) is 3.13. The Morgan fingerprint density at radius 1 is 1.19 bits per heavy atom. The normalized spacial score (nSPS) is 19.4. The van der Waals surface area contributed by atoms with Crippen molar-refractivity contribution < 1.29 is 4.79 Å². The number of aromatic nitrogens is 1. The standard InChI is InChI=1S/C17H25N3O/c21-17(4-1-14-5-9-18-10-6-14)20(16-2-3-16)13-15-7-11-19-12-8-15/h5-6,9-10,15-16,19H,1-4,7-8,11-13H2. The van der Waals surface area contributed by atoms with Crippen molar-refractivity contribution in [2.24, 2.45) is 5.92 Å². The van der Waals surface area contributed by atoms with Crippen LogP contribution < -0.4 is 5.32 Å². The van der Waals surface area contributed by atoms with Crippen molar-refractivity contribution in [3.8, 4) is 0 Å². The van der Waals surface area contributed by atoms with Crippen LogP contribution in [0.2, 0.25) is 0 Å². The summed E-state index contributed by atoms with van der Waals surface area (Å²) in [4.78, 5) is 18.8. The average molecular weight is 287 g/mol. The van der Waals surface area contributed by atoms with E-state index in [1.807, 2.05) is 12.1 Å². The number of piperidine rings is 1. The first-order chi connectivity index (χ1) is 10.3. The molecule has 4 nitrogen and oxygen atoms in total. The first-order valence-electron chi connectivity index (χ1n) is 8.22. The minimum atomic E-state index is 0.341. The second kappa shape index (κ2) is 7.03. The molecular formula is C17H25N3O. The summed E-state index contributed by atoms with van der Waals surface area (Å²) in [6, 6.07) is 4.54. The molecular weight excluding hydrogens is 262 g/mol. The van der Waals surface area contributed by atoms with E-state index in [4.69, 9.17) is 0 Å². The van der Waals surface area contributed by atoms with E-state index in [9.17, 15) is 4.79 Å². The van der Waals surface area contributed by atoms with E-state index >= 15 is 0 Å². The number of rotatable bonds is 6. The minimum Gasteiger partial charge on any atom is -0.339 e. The van der Waals surface area contributed by atoms with Crippen LogP contribution in [-0.2, 0) is 11.2 Å². The van der Waals surface area contributed by atoms with Crippen molar-refractivity contribution in [3.05, 3.63) is 30.1 Å². The number of nitrogens with zero attached hydrogens (tertiary/aromatic N) is 2. The monoisotopic (exact) mass is 287 g/mol. The molecule has 1 aromatic heterocycles. The molecule has 0 radical (unpaired) electrons. The van der Waals surface area contributed by atoms with Gasteiger partial charge in [0.15, 0.2) is 0 Å². The van der Waals surface area contributed by atoms with E-state index in [-0.39, 0.29) is 0 Å². The van der Waals surface area contributed by atoms with Crippen LogP contribution in [0.3, 0.4) is 0 Å². The Balaban J connectivity index is 1.52. The highest BCUT2D eigenvalue weighted by Crippen LogP contribution is 2.29. The number of hydrogen-bond donors (Lipinski definition) is 1. The van der Waals surface area contributed by atoms with Crippen LogP contribution in [0.5, 0.6) is 0 Å². The average Bonchev–Trinajstić information content (AvgIpc) is 3.37. The van der Waals surface area contributed by atoms with Crippen LogP contribution in [0.25, 0.3) is 0 Å². The number of pyridine rings is 1. The van der Waals surface area contributed by atoms with Crippen molar-refractivity contribution in [3.63, 3.8) is 0 Å². The molecule has 21 heavy (non-hydrogen) atoms. The van der Waals surface area contributed by atoms with Crippen LogP contribution in [0, 0.1) is 5.92 Å². The molecule has 0 bridgehead atoms. The Hall–Kier alpha value is -1.42. The van der Waals surface area contributed by atoms with Gasteiger partial charge in [-0.25, -0.2) is 0 Å². The Kier molecular flexibility index (Phi) is 4.86. The van der Waals surface area contributed by atoms with Gasteiger partial charge >= 0.3 is 0 Å². The molecule has 0 unspecified atom stereocenters. The molecule has 0 atom stereocenters. The summed E-state index contributed by atoms with van der Waals surface area (Å²) >= 11 is 0. The van der Waals surface area contributed by atoms with E-state index < -0.39 is 0 Å². The predicted molar refractivity (Wildman–Crippen MR) is 82.9 cm³/mol. The maximum atomic E-state index is 12.6. The van der Waals surface area contributed by atoms with Crippen molar-refractivity contribution in [1.29, 1.82) is 0 Å². The van der Waals surface area contributed by atoms with Gasteiger partial charge in [-0.05, 0) is 68.8 Å². The molecule has 2 heterocycles. The molecule has 1 aliphatic carbocycles. The first-order valence-corrected chi connectivity index (χ1v) is 8.22. The van der Waals surface area contributed by atoms with Gasteiger partial charge in [-0.15, -0.1) is 0 Å². The van der Waals surface area contributed by atoms with E-state index in [0.717, 1.165) is 26.1 Å². The minimum absolute atomic E-state index is 0.341. The summed E-state index contributed by atoms with van der Waals surface area (Å²) in [5.41, 5.74) is 1.20. The SMILES string of the molecule is O=C(CCc1ccncc1)N(CC1CCNCC1)C1CC1. The van der Waals surface area contributed by atoms with E-state index in [1.165, 1.54) is 31.2 Å². The molecule has 114 valence electrons. The Labute approximate surface area is 126 Å². The van der Waals surface area contributed by atoms with E-state index in [2.05, 4.69) is 15.2 Å². The molecule has 0 aromatic carbocycles. The molecule has 3 rings (SSSR count). The molecule has 1 amide bonds. The number of hydrogen-bond acceptors (Lipinski definition) is 3. The van der Waals surface area contributed by atoms with Gasteiger partial charge < -0.3 is 10.2 Å². The smallest absolute Gasteiger partial charge is 0.223 e. The highest BCUT2D eigenvalue weighted by Gasteiger charge is 2.33. The zero-order valence-electron chi connectivity index (χ0n) is 12.6. The lowest BCUT2D eigenvalue weighted by atomic mass is 9.97. The van der Waals surface area contributed by atoms with Crippen LogP contribution in [0.1, 0.15) is 37.7 Å². The van der Waals surface area contributed by atoms with Gasteiger partial charge in [-0.2, -0.15) is 0 Å². The number of carbonyl (C=O) groups is 1. The molecule has 4 heteroatoms. The molecule has 1 aliphatic heterocycles. The molecule has 1 N–H and O–H groups in total. The summed E-state index contributed by atoms with van der Waals surface area (Å²) in [5.74, 6) is 1.03. The fourth-order valence-corrected chi connectivity index (χ4v) is 3.13. The maximum absolute atomic E-state index is 12.6. The predicted octanol–water partition coefficient (Wildman–Crippen LogP) is 2.00. The number of carbonyl (C=O) groups excluding carboxylic acids is 1. The van der Waals surface area contributed by atoms with Gasteiger partial charge in [0.25, 0.3) is 0 Å². The first kappa shape index (κ1) is 14.5. The summed E-state index contributed by atoms with van der Waals surface area (Å²) in [6.07, 6.45) is 9.88. The number of aryl methyl sites for hydroxylation is 1. The Bertz CT molecular complexity index is 452. The third-order valence-corrected chi connectivity index (χ3v) is 4.60. The quantitative estimate of drug-likeness (QED) is 0.870. The second-order valence-electron chi connectivity index (χ2n) is 6.33. The van der Waals surface area contributed by atoms with Crippen LogP contribution in [0.15, 0.2) is 24.5 Å². The molecule has 2 fully saturated rings. The van der Waals surface area contributed by atoms with Crippen molar-refractivity contribution >= 4 is 5.91 Å². The third kappa shape index (κ3) is 4.27. The lowest BCUT2D eigenvalue weighted by Gasteiger charge is -2.30. The molecule has 1 aromatic rings. The van der Waals surface area contributed by atoms with Crippen molar-refractivity contribution in [2.75, 3.05) is 19.6 Å². The largest absolute Gasteiger partial charge is 0.339 e. The second-order valence-corrected chi connectivity index (χ2v) is 6.33. The third-order valence-electron chi connectivity index (χ3n) is 4.60. The zero-order valence-corrected chi connectivity index (χ0v) is 12.6. The molecule has 1 saturated heterocycles. The van der Waals surface area contributed by atoms with Crippen molar-refractivity contribution in [2.45, 2.75) is 44.6 Å². The lowest BCUT2D eigenvalue weighted by molar-refractivity contribution is -0.132. The van der Waals surface area contributed by atoms with Gasteiger partial charge in [0.05, 0.1) is 0 Å². The lowest BCUT2D eigenvalue weighted by Crippen LogP contribution is -2.40. The Morgan fingerprint density at radius 2 is 1.90 bits per heavy atom. The highest BCUT2D eigenvalue weighted by molar-refractivity contribution is 5.77. The molecule has 2 aliphatic rings. The van der Waals surface area contributed by atoms with E-state index in [1.54, 1.807) is 12.4 Å². The summed E-state index contributed by atoms with van der Waals surface area (Å²) < 4.78 is 0. The highest BCUT2D eigenvalue weighted by atomic mass is 16.2. The summed E-state index contributed by atoms with van der Waals surface area (Å²) in [5, 5.41) is 3.40. The Morgan fingerprint density at radius 3 is 2.57 bits per heavy atom. The van der Waals surface area contributed by atoms with Gasteiger partial charge in [0, 0.05) is 31.4 Å². The van der Waals surface area contributed by atoms with Crippen LogP contribution in [0.4, 0.5) is 0 Å². The van der Waals surface area contributed by atoms with E-state index in [0.29, 0.717) is 24.3 Å². The van der Waals surface area contributed by atoms with Crippen LogP contribution >= 0.6 is 0 Å². The topological polar surface area (TPSA) is 45.2 Å². The summed E-state index contributed by atoms with van der Waals surface area (Å²) in [7, 11) is 0. The maximum Gasteiger partial charge on any atom is 0.223 e.